The molecule has 2 nitrogen and oxygen atoms in total. The zero-order chi connectivity index (χ0) is 55.0. The summed E-state index contributed by atoms with van der Waals surface area (Å²) in [5, 5.41) is 7.48. The van der Waals surface area contributed by atoms with Gasteiger partial charge >= 0.3 is 0 Å². The highest BCUT2D eigenvalue weighted by Crippen LogP contribution is 2.65. The Kier molecular flexibility index (Phi) is 11.4. The van der Waals surface area contributed by atoms with Crippen LogP contribution in [-0.4, -0.2) is 0 Å². The summed E-state index contributed by atoms with van der Waals surface area (Å²) in [6, 6.07) is 84.1. The quantitative estimate of drug-likeness (QED) is 0.164. The minimum atomic E-state index is -0.595. The van der Waals surface area contributed by atoms with Gasteiger partial charge in [0.15, 0.2) is 0 Å². The molecule has 0 aliphatic heterocycles. The number of benzene rings is 11. The van der Waals surface area contributed by atoms with E-state index in [2.05, 4.69) is 311 Å². The number of anilines is 6. The van der Waals surface area contributed by atoms with Crippen molar-refractivity contribution in [3.05, 3.63) is 263 Å². The molecule has 2 aliphatic rings. The highest BCUT2D eigenvalue weighted by molar-refractivity contribution is 6.11. The molecule has 0 amide bonds. The lowest BCUT2D eigenvalue weighted by atomic mass is 9.69. The minimum absolute atomic E-state index is 0.0458. The van der Waals surface area contributed by atoms with Gasteiger partial charge in [0.2, 0.25) is 0 Å². The summed E-state index contributed by atoms with van der Waals surface area (Å²) in [4.78, 5) is 4.88. The Bertz CT molecular complexity index is 4070. The van der Waals surface area contributed by atoms with Crippen LogP contribution in [0.1, 0.15) is 128 Å². The average Bonchev–Trinajstić information content (AvgIpc) is 1.86. The van der Waals surface area contributed by atoms with Crippen molar-refractivity contribution < 1.29 is 0 Å². The van der Waals surface area contributed by atoms with Crippen LogP contribution in [-0.2, 0) is 27.1 Å². The van der Waals surface area contributed by atoms with Crippen molar-refractivity contribution in [1.29, 1.82) is 0 Å². The molecule has 13 rings (SSSR count). The first-order valence-electron chi connectivity index (χ1n) is 28.5. The van der Waals surface area contributed by atoms with Crippen LogP contribution in [0.5, 0.6) is 0 Å². The van der Waals surface area contributed by atoms with Crippen molar-refractivity contribution >= 4 is 66.4 Å². The monoisotopic (exact) mass is 1020 g/mol. The van der Waals surface area contributed by atoms with Crippen molar-refractivity contribution in [3.63, 3.8) is 0 Å². The fourth-order valence-electron chi connectivity index (χ4n) is 13.1. The van der Waals surface area contributed by atoms with Crippen molar-refractivity contribution in [2.75, 3.05) is 9.80 Å². The Morgan fingerprint density at radius 3 is 1.22 bits per heavy atom. The maximum absolute atomic E-state index is 2.56. The van der Waals surface area contributed by atoms with Crippen LogP contribution < -0.4 is 9.80 Å². The van der Waals surface area contributed by atoms with Crippen molar-refractivity contribution in [3.8, 4) is 22.3 Å². The maximum atomic E-state index is 2.56. The van der Waals surface area contributed by atoms with Gasteiger partial charge in [0.05, 0.1) is 5.41 Å². The van der Waals surface area contributed by atoms with Crippen LogP contribution in [0, 0.1) is 0 Å². The first-order chi connectivity index (χ1) is 37.7. The number of hydrogen-bond acceptors (Lipinski definition) is 2. The molecule has 0 aromatic heterocycles. The van der Waals surface area contributed by atoms with E-state index in [1.54, 1.807) is 0 Å². The second-order valence-corrected chi connectivity index (χ2v) is 26.7. The molecule has 2 heteroatoms. The molecule has 1 spiro atoms. The Labute approximate surface area is 469 Å². The molecule has 0 N–H and O–H groups in total. The van der Waals surface area contributed by atoms with Gasteiger partial charge in [0.1, 0.15) is 0 Å². The third-order valence-electron chi connectivity index (χ3n) is 17.4. The van der Waals surface area contributed by atoms with Gasteiger partial charge in [0.25, 0.3) is 0 Å². The third-order valence-corrected chi connectivity index (χ3v) is 17.4. The van der Waals surface area contributed by atoms with E-state index in [1.807, 2.05) is 0 Å². The van der Waals surface area contributed by atoms with E-state index < -0.39 is 5.41 Å². The summed E-state index contributed by atoms with van der Waals surface area (Å²) in [6.07, 6.45) is 0. The van der Waals surface area contributed by atoms with E-state index in [0.717, 1.165) is 34.1 Å². The van der Waals surface area contributed by atoms with Crippen LogP contribution in [0.25, 0.3) is 54.6 Å². The molecule has 0 heterocycles. The first-order valence-corrected chi connectivity index (χ1v) is 28.5. The Balaban J connectivity index is 1.04. The summed E-state index contributed by atoms with van der Waals surface area (Å²) in [5.74, 6) is 0. The lowest BCUT2D eigenvalue weighted by Gasteiger charge is -2.32. The van der Waals surface area contributed by atoms with Crippen molar-refractivity contribution in [2.45, 2.75) is 110 Å². The topological polar surface area (TPSA) is 6.48 Å². The smallest absolute Gasteiger partial charge is 0.0731 e. The highest BCUT2D eigenvalue weighted by Gasteiger charge is 2.53. The summed E-state index contributed by atoms with van der Waals surface area (Å²) >= 11 is 0. The number of nitrogens with zero attached hydrogens (tertiary/aromatic N) is 2. The molecule has 0 radical (unpaired) electrons. The van der Waals surface area contributed by atoms with Gasteiger partial charge in [-0.1, -0.05) is 217 Å². The minimum Gasteiger partial charge on any atom is -0.310 e. The summed E-state index contributed by atoms with van der Waals surface area (Å²) in [7, 11) is 0. The molecule has 79 heavy (non-hydrogen) atoms. The lowest BCUT2D eigenvalue weighted by Crippen LogP contribution is -2.26. The zero-order valence-corrected chi connectivity index (χ0v) is 48.2. The van der Waals surface area contributed by atoms with Crippen molar-refractivity contribution in [1.82, 2.24) is 0 Å². The SMILES string of the molecule is CC(C)(C)c1ccc(N(c2ccc(C(C)(C)C)cc2)c2ccc3cc4c(cc3c2)C2(c3ccccc3-c3c2ccc2ccccc32)c2c-4ccc3cc(N(c4ccc(C(C)(C)C)cc4)c4ccc(C(C)(C)C)cc4)ccc23)cc1. The lowest BCUT2D eigenvalue weighted by molar-refractivity contribution is 0.590. The van der Waals surface area contributed by atoms with E-state index >= 15 is 0 Å². The van der Waals surface area contributed by atoms with Gasteiger partial charge in [-0.2, -0.15) is 0 Å². The second-order valence-electron chi connectivity index (χ2n) is 26.7. The van der Waals surface area contributed by atoms with Crippen LogP contribution in [0.3, 0.4) is 0 Å². The van der Waals surface area contributed by atoms with Crippen LogP contribution in [0.15, 0.2) is 218 Å². The zero-order valence-electron chi connectivity index (χ0n) is 48.2. The van der Waals surface area contributed by atoms with E-state index in [4.69, 9.17) is 0 Å². The highest BCUT2D eigenvalue weighted by atomic mass is 15.1. The Morgan fingerprint density at radius 1 is 0.266 bits per heavy atom. The summed E-state index contributed by atoms with van der Waals surface area (Å²) < 4.78 is 0. The Hall–Kier alpha value is -8.20. The molecule has 11 aromatic carbocycles. The van der Waals surface area contributed by atoms with E-state index in [1.165, 1.54) is 99.1 Å². The van der Waals surface area contributed by atoms with Gasteiger partial charge in [-0.15, -0.1) is 0 Å². The normalized spacial score (nSPS) is 14.9. The molecule has 1 unspecified atom stereocenters. The van der Waals surface area contributed by atoms with E-state index in [0.29, 0.717) is 0 Å². The Morgan fingerprint density at radius 2 is 0.696 bits per heavy atom. The second kappa shape index (κ2) is 17.9. The van der Waals surface area contributed by atoms with Gasteiger partial charge in [-0.3, -0.25) is 0 Å². The van der Waals surface area contributed by atoms with E-state index in [9.17, 15) is 0 Å². The summed E-state index contributed by atoms with van der Waals surface area (Å²) in [5.41, 5.74) is 22.3. The molecule has 0 bridgehead atoms. The predicted molar refractivity (Wildman–Crippen MR) is 339 cm³/mol. The average molecular weight is 1030 g/mol. The molecular weight excluding hydrogens is 953 g/mol. The van der Waals surface area contributed by atoms with Crippen LogP contribution in [0.4, 0.5) is 34.1 Å². The molecule has 1 atom stereocenters. The van der Waals surface area contributed by atoms with Crippen LogP contribution in [0.2, 0.25) is 0 Å². The number of fused-ring (bicyclic) bond motifs is 15. The first kappa shape index (κ1) is 50.3. The van der Waals surface area contributed by atoms with Gasteiger partial charge in [0, 0.05) is 34.1 Å². The molecule has 0 fully saturated rings. The van der Waals surface area contributed by atoms with Gasteiger partial charge in [-0.25, -0.2) is 0 Å². The number of hydrogen-bond donors (Lipinski definition) is 0. The molecular formula is C77H72N2. The molecule has 390 valence electrons. The van der Waals surface area contributed by atoms with Crippen molar-refractivity contribution in [2.24, 2.45) is 0 Å². The largest absolute Gasteiger partial charge is 0.310 e. The molecule has 2 aliphatic carbocycles. The fraction of sp³-hybridized carbons (Fsp3) is 0.221. The maximum Gasteiger partial charge on any atom is 0.0731 e. The molecule has 0 saturated carbocycles. The predicted octanol–water partition coefficient (Wildman–Crippen LogP) is 21.6. The van der Waals surface area contributed by atoms with Gasteiger partial charge < -0.3 is 9.80 Å². The van der Waals surface area contributed by atoms with E-state index in [-0.39, 0.29) is 21.7 Å². The van der Waals surface area contributed by atoms with Crippen LogP contribution >= 0.6 is 0 Å². The fourth-order valence-corrected chi connectivity index (χ4v) is 13.1. The standard InChI is InChI=1S/C77H72N2/c1-73(2,3)53-24-33-57(34-25-53)78(58-35-26-54(27-36-58)74(4,5)6)61-32-21-50-47-67-65-42-22-51-45-62(79(59-37-28-55(29-38-59)75(7,8)9)60-39-30-56(31-40-60)76(10,11)12)41-43-64(51)72(65)77(70(67)48-52(50)46-61)68-20-16-15-19-66(68)71-63-18-14-13-17-49(63)23-44-69(71)77/h13-48H,1-12H3. The molecule has 11 aromatic rings. The molecule has 0 saturated heterocycles. The third kappa shape index (κ3) is 8.20. The number of rotatable bonds is 6. The van der Waals surface area contributed by atoms with Gasteiger partial charge in [-0.05, 0) is 206 Å². The summed E-state index contributed by atoms with van der Waals surface area (Å²) in [6.45, 7) is 27.5.